The first kappa shape index (κ1) is 38.3. The summed E-state index contributed by atoms with van der Waals surface area (Å²) in [5.41, 5.74) is 1.75. The fourth-order valence-corrected chi connectivity index (χ4v) is 13.2. The van der Waals surface area contributed by atoms with Crippen molar-refractivity contribution in [2.45, 2.75) is 139 Å². The van der Waals surface area contributed by atoms with Gasteiger partial charge in [0.1, 0.15) is 6.10 Å². The summed E-state index contributed by atoms with van der Waals surface area (Å²) in [4.78, 5) is 43.8. The summed E-state index contributed by atoms with van der Waals surface area (Å²) in [5.74, 6) is 1.35. The highest BCUT2D eigenvalue weighted by molar-refractivity contribution is 6.30. The first-order chi connectivity index (χ1) is 24.7. The lowest BCUT2D eigenvalue weighted by Gasteiger charge is -2.72. The number of carbonyl (C=O) groups excluding carboxylic acids is 2. The number of carboxylic acid groups (broad SMARTS) is 1. The molecule has 0 saturated heterocycles. The van der Waals surface area contributed by atoms with E-state index in [1.807, 2.05) is 24.3 Å². The molecule has 9 heteroatoms. The SMILES string of the molecule is CC(C)C1=C2[C@H]3CC[C@@H]4[C@@]5(C)CC[C@H](OC(=O)CC(C)(C)C(=O)O)C(C)(C)[C@@H]5CC[C@@]4(C)[C@]3(C)CC[C@@]2(Cc2nc(-c3ccc(Cl)cc3)no2)CC1=O. The molecular weight excluding hydrogens is 688 g/mol. The Bertz CT molecular complexity index is 1840. The third-order valence-electron chi connectivity index (χ3n) is 16.0. The predicted molar refractivity (Wildman–Crippen MR) is 204 cm³/mol. The van der Waals surface area contributed by atoms with Gasteiger partial charge in [0.15, 0.2) is 5.78 Å². The average molecular weight is 747 g/mol. The molecule has 7 rings (SSSR count). The third-order valence-corrected chi connectivity index (χ3v) is 16.3. The van der Waals surface area contributed by atoms with Crippen LogP contribution in [0.5, 0.6) is 0 Å². The van der Waals surface area contributed by atoms with Gasteiger partial charge in [-0.15, -0.1) is 0 Å². The van der Waals surface area contributed by atoms with E-state index in [9.17, 15) is 19.5 Å². The number of Topliss-reactive ketones (excluding diaryl/α,β-unsaturated/α-hetero) is 1. The average Bonchev–Trinajstić information content (AvgIpc) is 3.64. The van der Waals surface area contributed by atoms with Crippen LogP contribution < -0.4 is 0 Å². The number of aromatic nitrogens is 2. The summed E-state index contributed by atoms with van der Waals surface area (Å²) in [7, 11) is 0. The zero-order valence-corrected chi connectivity index (χ0v) is 34.0. The van der Waals surface area contributed by atoms with E-state index in [4.69, 9.17) is 25.8 Å². The van der Waals surface area contributed by atoms with Gasteiger partial charge in [0.05, 0.1) is 11.8 Å². The van der Waals surface area contributed by atoms with Gasteiger partial charge < -0.3 is 14.4 Å². The van der Waals surface area contributed by atoms with E-state index in [0.29, 0.717) is 53.1 Å². The van der Waals surface area contributed by atoms with Crippen LogP contribution in [0.1, 0.15) is 132 Å². The van der Waals surface area contributed by atoms with Crippen LogP contribution in [0.3, 0.4) is 0 Å². The Morgan fingerprint density at radius 2 is 1.66 bits per heavy atom. The van der Waals surface area contributed by atoms with E-state index in [-0.39, 0.29) is 45.5 Å². The van der Waals surface area contributed by atoms with E-state index in [0.717, 1.165) is 62.5 Å². The standard InChI is InChI=1S/C44H59ClN2O6/c1-25(2)35-29(48)22-44(23-33-46-37(47-53-33)26-10-12-27(45)13-11-26)21-20-42(8)28(36(35)44)14-15-31-41(7)18-17-32(52-34(49)24-39(3,4)38(50)51)40(5,6)30(41)16-19-43(31,42)9/h10-13,25,28,30-32H,14-24H2,1-9H3,(H,50,51)/t28-,30+,31-,32+,41+,42-,43-,44+/m1/s1. The Morgan fingerprint density at radius 3 is 2.32 bits per heavy atom. The molecule has 8 nitrogen and oxygen atoms in total. The molecule has 4 saturated carbocycles. The minimum absolute atomic E-state index is 0.0205. The number of carbonyl (C=O) groups is 3. The van der Waals surface area contributed by atoms with Gasteiger partial charge in [-0.2, -0.15) is 4.98 Å². The summed E-state index contributed by atoms with van der Waals surface area (Å²) in [6.45, 7) is 19.7. The molecule has 0 amide bonds. The van der Waals surface area contributed by atoms with Crippen molar-refractivity contribution < 1.29 is 28.8 Å². The minimum atomic E-state index is -1.16. The normalized spacial score (nSPS) is 36.4. The largest absolute Gasteiger partial charge is 0.481 e. The minimum Gasteiger partial charge on any atom is -0.481 e. The molecule has 53 heavy (non-hydrogen) atoms. The topological polar surface area (TPSA) is 120 Å². The van der Waals surface area contributed by atoms with Crippen molar-refractivity contribution in [3.05, 3.63) is 46.3 Å². The fourth-order valence-electron chi connectivity index (χ4n) is 13.1. The summed E-state index contributed by atoms with van der Waals surface area (Å²) >= 11 is 6.13. The van der Waals surface area contributed by atoms with Gasteiger partial charge in [-0.05, 0) is 135 Å². The molecule has 5 aliphatic carbocycles. The zero-order chi connectivity index (χ0) is 38.5. The lowest BCUT2D eigenvalue weighted by molar-refractivity contribution is -0.233. The second-order valence-electron chi connectivity index (χ2n) is 19.9. The van der Waals surface area contributed by atoms with Gasteiger partial charge in [0.25, 0.3) is 0 Å². The predicted octanol–water partition coefficient (Wildman–Crippen LogP) is 10.3. The van der Waals surface area contributed by atoms with E-state index in [1.54, 1.807) is 13.8 Å². The van der Waals surface area contributed by atoms with E-state index < -0.39 is 17.4 Å². The van der Waals surface area contributed by atoms with Crippen LogP contribution in [0, 0.1) is 56.2 Å². The Labute approximate surface area is 320 Å². The zero-order valence-electron chi connectivity index (χ0n) is 33.2. The monoisotopic (exact) mass is 746 g/mol. The van der Waals surface area contributed by atoms with Gasteiger partial charge in [0, 0.05) is 34.3 Å². The van der Waals surface area contributed by atoms with Gasteiger partial charge in [0.2, 0.25) is 11.7 Å². The van der Waals surface area contributed by atoms with Crippen molar-refractivity contribution in [3.8, 4) is 11.4 Å². The number of ether oxygens (including phenoxy) is 1. The number of allylic oxidation sites excluding steroid dienone is 2. The van der Waals surface area contributed by atoms with Crippen LogP contribution in [0.4, 0.5) is 0 Å². The van der Waals surface area contributed by atoms with Crippen LogP contribution >= 0.6 is 11.6 Å². The molecule has 288 valence electrons. The Balaban J connectivity index is 1.17. The summed E-state index contributed by atoms with van der Waals surface area (Å²) in [6, 6.07) is 7.47. The van der Waals surface area contributed by atoms with Crippen LogP contribution in [0.25, 0.3) is 11.4 Å². The highest BCUT2D eigenvalue weighted by atomic mass is 35.5. The second-order valence-corrected chi connectivity index (χ2v) is 20.3. The van der Waals surface area contributed by atoms with Crippen molar-refractivity contribution >= 4 is 29.3 Å². The number of ketones is 1. The molecule has 1 aromatic heterocycles. The van der Waals surface area contributed by atoms with Crippen molar-refractivity contribution in [3.63, 3.8) is 0 Å². The molecular formula is C44H59ClN2O6. The first-order valence-corrected chi connectivity index (χ1v) is 20.4. The lowest BCUT2D eigenvalue weighted by atomic mass is 9.33. The number of fused-ring (bicyclic) bond motifs is 7. The maximum atomic E-state index is 14.1. The Hall–Kier alpha value is -3.00. The van der Waals surface area contributed by atoms with Gasteiger partial charge in [-0.1, -0.05) is 70.8 Å². The molecule has 5 aliphatic rings. The molecule has 0 radical (unpaired) electrons. The molecule has 1 N–H and O–H groups in total. The highest BCUT2D eigenvalue weighted by Crippen LogP contribution is 2.77. The van der Waals surface area contributed by atoms with Crippen LogP contribution in [-0.2, 0) is 25.5 Å². The number of benzene rings is 1. The summed E-state index contributed by atoms with van der Waals surface area (Å²) < 4.78 is 12.1. The summed E-state index contributed by atoms with van der Waals surface area (Å²) in [6.07, 6.45) is 8.79. The number of aliphatic carboxylic acids is 1. The number of carboxylic acids is 1. The lowest BCUT2D eigenvalue weighted by Crippen LogP contribution is -2.65. The van der Waals surface area contributed by atoms with Crippen LogP contribution in [-0.4, -0.2) is 39.1 Å². The first-order valence-electron chi connectivity index (χ1n) is 20.0. The number of rotatable bonds is 8. The smallest absolute Gasteiger partial charge is 0.309 e. The van der Waals surface area contributed by atoms with Crippen LogP contribution in [0.15, 0.2) is 39.9 Å². The molecule has 0 bridgehead atoms. The molecule has 1 heterocycles. The van der Waals surface area contributed by atoms with Crippen molar-refractivity contribution in [1.82, 2.24) is 10.1 Å². The molecule has 0 spiro atoms. The second kappa shape index (κ2) is 12.8. The van der Waals surface area contributed by atoms with Gasteiger partial charge in [-0.3, -0.25) is 14.4 Å². The number of hydrogen-bond acceptors (Lipinski definition) is 7. The molecule has 0 aliphatic heterocycles. The quantitative estimate of drug-likeness (QED) is 0.265. The number of hydrogen-bond donors (Lipinski definition) is 1. The van der Waals surface area contributed by atoms with Gasteiger partial charge in [-0.25, -0.2) is 0 Å². The van der Waals surface area contributed by atoms with E-state index >= 15 is 0 Å². The number of nitrogens with zero attached hydrogens (tertiary/aromatic N) is 2. The Kier molecular flexibility index (Phi) is 9.23. The fraction of sp³-hybridized carbons (Fsp3) is 0.705. The maximum absolute atomic E-state index is 14.1. The van der Waals surface area contributed by atoms with E-state index in [1.165, 1.54) is 5.57 Å². The third kappa shape index (κ3) is 5.85. The molecule has 8 atom stereocenters. The molecule has 2 aromatic rings. The Morgan fingerprint density at radius 1 is 0.962 bits per heavy atom. The van der Waals surface area contributed by atoms with Crippen molar-refractivity contribution in [2.24, 2.45) is 56.2 Å². The van der Waals surface area contributed by atoms with Gasteiger partial charge >= 0.3 is 11.9 Å². The summed E-state index contributed by atoms with van der Waals surface area (Å²) in [5, 5.41) is 14.6. The van der Waals surface area contributed by atoms with Crippen molar-refractivity contribution in [2.75, 3.05) is 0 Å². The maximum Gasteiger partial charge on any atom is 0.309 e. The number of esters is 1. The molecule has 1 aromatic carbocycles. The molecule has 0 unspecified atom stereocenters. The van der Waals surface area contributed by atoms with Crippen LogP contribution in [0.2, 0.25) is 5.02 Å². The van der Waals surface area contributed by atoms with Crippen molar-refractivity contribution in [1.29, 1.82) is 0 Å². The van der Waals surface area contributed by atoms with E-state index in [2.05, 4.69) is 53.6 Å². The highest BCUT2D eigenvalue weighted by Gasteiger charge is 2.70. The number of halogens is 1. The molecule has 4 fully saturated rings.